The minimum Gasteiger partial charge on any atom is -0.316 e. The summed E-state index contributed by atoms with van der Waals surface area (Å²) in [6, 6.07) is 0. The summed E-state index contributed by atoms with van der Waals surface area (Å²) >= 11 is 0. The molecule has 0 unspecified atom stereocenters. The highest BCUT2D eigenvalue weighted by Crippen LogP contribution is 2.33. The van der Waals surface area contributed by atoms with E-state index in [1.807, 2.05) is 7.05 Å². The molecule has 0 bridgehead atoms. The summed E-state index contributed by atoms with van der Waals surface area (Å²) in [4.78, 5) is 0. The molecule has 0 radical (unpaired) electrons. The molecule has 2 N–H and O–H groups in total. The number of nitrogens with zero attached hydrogens (tertiary/aromatic N) is 1. The van der Waals surface area contributed by atoms with Crippen LogP contribution in [0.3, 0.4) is 0 Å². The van der Waals surface area contributed by atoms with Crippen LogP contribution in [0.4, 0.5) is 0 Å². The first kappa shape index (κ1) is 10.7. The Hall–Kier alpha value is -0.830. The number of H-pyrrole nitrogens is 1. The zero-order chi connectivity index (χ0) is 10.7. The Morgan fingerprint density at radius 2 is 2.07 bits per heavy atom. The van der Waals surface area contributed by atoms with Crippen molar-refractivity contribution >= 4 is 0 Å². The Labute approximate surface area is 91.7 Å². The van der Waals surface area contributed by atoms with Crippen molar-refractivity contribution in [2.24, 2.45) is 0 Å². The van der Waals surface area contributed by atoms with Crippen molar-refractivity contribution in [2.75, 3.05) is 7.05 Å². The number of rotatable bonds is 3. The lowest BCUT2D eigenvalue weighted by Gasteiger charge is -2.21. The van der Waals surface area contributed by atoms with Gasteiger partial charge in [-0.1, -0.05) is 19.3 Å². The molecule has 1 aromatic heterocycles. The number of hydrogen-bond donors (Lipinski definition) is 2. The van der Waals surface area contributed by atoms with Crippen molar-refractivity contribution in [1.29, 1.82) is 0 Å². The molecule has 84 valence electrons. The summed E-state index contributed by atoms with van der Waals surface area (Å²) in [6.07, 6.45) is 6.79. The highest BCUT2D eigenvalue weighted by Gasteiger charge is 2.21. The van der Waals surface area contributed by atoms with Crippen LogP contribution in [0.5, 0.6) is 0 Å². The topological polar surface area (TPSA) is 40.7 Å². The molecule has 0 atom stereocenters. The average Bonchev–Trinajstić information content (AvgIpc) is 2.63. The Morgan fingerprint density at radius 3 is 2.73 bits per heavy atom. The van der Waals surface area contributed by atoms with E-state index in [0.717, 1.165) is 6.54 Å². The molecule has 0 amide bonds. The van der Waals surface area contributed by atoms with Crippen LogP contribution in [0, 0.1) is 6.92 Å². The molecule has 2 rings (SSSR count). The summed E-state index contributed by atoms with van der Waals surface area (Å²) in [7, 11) is 2.00. The van der Waals surface area contributed by atoms with Gasteiger partial charge < -0.3 is 5.32 Å². The van der Waals surface area contributed by atoms with Gasteiger partial charge in [0.05, 0.1) is 5.69 Å². The Morgan fingerprint density at radius 1 is 1.33 bits per heavy atom. The maximum Gasteiger partial charge on any atom is 0.0700 e. The number of aryl methyl sites for hydroxylation is 1. The van der Waals surface area contributed by atoms with E-state index in [2.05, 4.69) is 22.4 Å². The van der Waals surface area contributed by atoms with E-state index in [4.69, 9.17) is 0 Å². The van der Waals surface area contributed by atoms with Gasteiger partial charge in [0.2, 0.25) is 0 Å². The Bertz CT molecular complexity index is 311. The molecule has 1 aliphatic rings. The fourth-order valence-corrected chi connectivity index (χ4v) is 2.58. The molecular formula is C12H21N3. The van der Waals surface area contributed by atoms with Crippen LogP contribution in [-0.4, -0.2) is 17.2 Å². The van der Waals surface area contributed by atoms with Crippen LogP contribution < -0.4 is 5.32 Å². The van der Waals surface area contributed by atoms with Crippen LogP contribution in [0.25, 0.3) is 0 Å². The standard InChI is InChI=1S/C12H21N3/c1-9-11(8-13-2)12(15-14-9)10-6-4-3-5-7-10/h10,13H,3-8H2,1-2H3,(H,14,15). The maximum atomic E-state index is 4.49. The van der Waals surface area contributed by atoms with Crippen molar-refractivity contribution < 1.29 is 0 Å². The third-order valence-electron chi connectivity index (χ3n) is 3.45. The molecular weight excluding hydrogens is 186 g/mol. The first-order chi connectivity index (χ1) is 7.33. The fraction of sp³-hybridized carbons (Fsp3) is 0.750. The predicted octanol–water partition coefficient (Wildman–Crippen LogP) is 2.49. The number of aromatic amines is 1. The Balaban J connectivity index is 2.18. The van der Waals surface area contributed by atoms with Gasteiger partial charge in [-0.05, 0) is 26.8 Å². The summed E-state index contributed by atoms with van der Waals surface area (Å²) in [5, 5.41) is 10.9. The Kier molecular flexibility index (Phi) is 3.41. The monoisotopic (exact) mass is 207 g/mol. The summed E-state index contributed by atoms with van der Waals surface area (Å²) < 4.78 is 0. The first-order valence-electron chi connectivity index (χ1n) is 6.01. The third kappa shape index (κ3) is 2.23. The molecule has 3 nitrogen and oxygen atoms in total. The average molecular weight is 207 g/mol. The van der Waals surface area contributed by atoms with Crippen LogP contribution in [0.2, 0.25) is 0 Å². The zero-order valence-electron chi connectivity index (χ0n) is 9.77. The molecule has 15 heavy (non-hydrogen) atoms. The number of nitrogens with one attached hydrogen (secondary N) is 2. The smallest absolute Gasteiger partial charge is 0.0700 e. The molecule has 1 aromatic rings. The molecule has 0 aliphatic heterocycles. The van der Waals surface area contributed by atoms with E-state index in [1.165, 1.54) is 49.1 Å². The van der Waals surface area contributed by atoms with Crippen molar-refractivity contribution in [3.05, 3.63) is 17.0 Å². The zero-order valence-corrected chi connectivity index (χ0v) is 9.77. The molecule has 0 aromatic carbocycles. The van der Waals surface area contributed by atoms with Crippen molar-refractivity contribution in [2.45, 2.75) is 51.5 Å². The minimum absolute atomic E-state index is 0.701. The second-order valence-electron chi connectivity index (χ2n) is 4.58. The number of hydrogen-bond acceptors (Lipinski definition) is 2. The van der Waals surface area contributed by atoms with Crippen molar-refractivity contribution in [3.63, 3.8) is 0 Å². The lowest BCUT2D eigenvalue weighted by molar-refractivity contribution is 0.433. The van der Waals surface area contributed by atoms with Gasteiger partial charge in [0, 0.05) is 23.7 Å². The van der Waals surface area contributed by atoms with Crippen molar-refractivity contribution in [1.82, 2.24) is 15.5 Å². The third-order valence-corrected chi connectivity index (χ3v) is 3.45. The highest BCUT2D eigenvalue weighted by atomic mass is 15.1. The molecule has 1 fully saturated rings. The van der Waals surface area contributed by atoms with Gasteiger partial charge in [-0.15, -0.1) is 0 Å². The first-order valence-corrected chi connectivity index (χ1v) is 6.01. The van der Waals surface area contributed by atoms with Crippen LogP contribution in [0.1, 0.15) is 55.0 Å². The summed E-state index contributed by atoms with van der Waals surface area (Å²) in [5.74, 6) is 0.701. The fourth-order valence-electron chi connectivity index (χ4n) is 2.58. The summed E-state index contributed by atoms with van der Waals surface area (Å²) in [6.45, 7) is 3.06. The van der Waals surface area contributed by atoms with Gasteiger partial charge in [-0.3, -0.25) is 5.10 Å². The van der Waals surface area contributed by atoms with Crippen molar-refractivity contribution in [3.8, 4) is 0 Å². The largest absolute Gasteiger partial charge is 0.316 e. The second-order valence-corrected chi connectivity index (χ2v) is 4.58. The van der Waals surface area contributed by atoms with Gasteiger partial charge in [0.1, 0.15) is 0 Å². The molecule has 1 saturated carbocycles. The van der Waals surface area contributed by atoms with E-state index >= 15 is 0 Å². The second kappa shape index (κ2) is 4.79. The van der Waals surface area contributed by atoms with E-state index in [0.29, 0.717) is 5.92 Å². The van der Waals surface area contributed by atoms with Gasteiger partial charge in [0.15, 0.2) is 0 Å². The van der Waals surface area contributed by atoms with Gasteiger partial charge >= 0.3 is 0 Å². The van der Waals surface area contributed by atoms with E-state index in [1.54, 1.807) is 0 Å². The SMILES string of the molecule is CNCc1c(C2CCCCC2)n[nH]c1C. The quantitative estimate of drug-likeness (QED) is 0.799. The van der Waals surface area contributed by atoms with Gasteiger partial charge in [-0.25, -0.2) is 0 Å². The molecule has 1 heterocycles. The van der Waals surface area contributed by atoms with E-state index in [9.17, 15) is 0 Å². The summed E-state index contributed by atoms with van der Waals surface area (Å²) in [5.41, 5.74) is 3.94. The molecule has 0 saturated heterocycles. The van der Waals surface area contributed by atoms with E-state index in [-0.39, 0.29) is 0 Å². The predicted molar refractivity (Wildman–Crippen MR) is 61.9 cm³/mol. The maximum absolute atomic E-state index is 4.49. The van der Waals surface area contributed by atoms with E-state index < -0.39 is 0 Å². The number of aromatic nitrogens is 2. The van der Waals surface area contributed by atoms with Crippen LogP contribution >= 0.6 is 0 Å². The minimum atomic E-state index is 0.701. The molecule has 3 heteroatoms. The van der Waals surface area contributed by atoms with Crippen LogP contribution in [0.15, 0.2) is 0 Å². The molecule has 1 aliphatic carbocycles. The van der Waals surface area contributed by atoms with Gasteiger partial charge in [-0.2, -0.15) is 5.10 Å². The normalized spacial score (nSPS) is 18.3. The van der Waals surface area contributed by atoms with Crippen LogP contribution in [-0.2, 0) is 6.54 Å². The lowest BCUT2D eigenvalue weighted by atomic mass is 9.85. The molecule has 0 spiro atoms. The lowest BCUT2D eigenvalue weighted by Crippen LogP contribution is -2.12. The highest BCUT2D eigenvalue weighted by molar-refractivity contribution is 5.27. The van der Waals surface area contributed by atoms with Gasteiger partial charge in [0.25, 0.3) is 0 Å².